The van der Waals surface area contributed by atoms with Gasteiger partial charge in [0, 0.05) is 12.5 Å². The maximum atomic E-state index is 6.24. The molecule has 3 nitrogen and oxygen atoms in total. The smallest absolute Gasteiger partial charge is 0.160 e. The van der Waals surface area contributed by atoms with E-state index in [0.717, 1.165) is 16.0 Å². The monoisotopic (exact) mass is 296 g/mol. The molecule has 1 atom stereocenters. The highest BCUT2D eigenvalue weighted by molar-refractivity contribution is 7.16. The molecule has 1 aliphatic carbocycles. The molecular formula is C14H17ClN2OS. The van der Waals surface area contributed by atoms with E-state index in [2.05, 4.69) is 9.97 Å². The second-order valence-electron chi connectivity index (χ2n) is 5.07. The van der Waals surface area contributed by atoms with Crippen LogP contribution in [0.4, 0.5) is 0 Å². The molecule has 1 aliphatic rings. The van der Waals surface area contributed by atoms with E-state index < -0.39 is 0 Å². The molecule has 0 aromatic carbocycles. The maximum absolute atomic E-state index is 6.24. The van der Waals surface area contributed by atoms with Gasteiger partial charge in [0.25, 0.3) is 0 Å². The van der Waals surface area contributed by atoms with E-state index in [9.17, 15) is 0 Å². The highest BCUT2D eigenvalue weighted by Gasteiger charge is 2.28. The van der Waals surface area contributed by atoms with E-state index in [-0.39, 0.29) is 6.10 Å². The Morgan fingerprint density at radius 2 is 2.11 bits per heavy atom. The molecule has 0 aliphatic heterocycles. The van der Waals surface area contributed by atoms with Crippen LogP contribution in [0.2, 0.25) is 5.15 Å². The molecular weight excluding hydrogens is 280 g/mol. The lowest BCUT2D eigenvalue weighted by atomic mass is 9.85. The van der Waals surface area contributed by atoms with Crippen LogP contribution in [0.5, 0.6) is 0 Å². The largest absolute Gasteiger partial charge is 0.373 e. The average Bonchev–Trinajstić information content (AvgIpc) is 2.90. The fourth-order valence-electron chi connectivity index (χ4n) is 2.91. The summed E-state index contributed by atoms with van der Waals surface area (Å²) in [5.41, 5.74) is 0. The molecule has 19 heavy (non-hydrogen) atoms. The van der Waals surface area contributed by atoms with Crippen LogP contribution in [0.1, 0.15) is 44.0 Å². The summed E-state index contributed by atoms with van der Waals surface area (Å²) in [6.07, 6.45) is 6.26. The number of halogens is 1. The molecule has 1 saturated carbocycles. The van der Waals surface area contributed by atoms with Crippen molar-refractivity contribution < 1.29 is 4.74 Å². The van der Waals surface area contributed by atoms with Crippen molar-refractivity contribution >= 4 is 33.2 Å². The zero-order chi connectivity index (χ0) is 13.2. The summed E-state index contributed by atoms with van der Waals surface area (Å²) in [6, 6.07) is 1.97. The zero-order valence-electron chi connectivity index (χ0n) is 10.9. The van der Waals surface area contributed by atoms with Gasteiger partial charge in [0.2, 0.25) is 0 Å². The minimum Gasteiger partial charge on any atom is -0.373 e. The summed E-state index contributed by atoms with van der Waals surface area (Å²) in [7, 11) is 1.75. The molecule has 2 heterocycles. The first kappa shape index (κ1) is 13.3. The predicted octanol–water partition coefficient (Wildman–Crippen LogP) is 4.61. The number of rotatable bonds is 3. The van der Waals surface area contributed by atoms with Gasteiger partial charge in [-0.05, 0) is 30.2 Å². The Balaban J connectivity index is 1.95. The molecule has 2 aromatic rings. The Morgan fingerprint density at radius 3 is 2.84 bits per heavy atom. The molecule has 1 fully saturated rings. The third-order valence-electron chi connectivity index (χ3n) is 3.88. The minimum absolute atomic E-state index is 0.0238. The fourth-order valence-corrected chi connectivity index (χ4v) is 3.97. The van der Waals surface area contributed by atoms with Crippen molar-refractivity contribution in [2.45, 2.75) is 38.2 Å². The van der Waals surface area contributed by atoms with Crippen LogP contribution in [0.15, 0.2) is 11.4 Å². The number of methoxy groups -OCH3 is 1. The molecule has 0 amide bonds. The number of ether oxygens (including phenoxy) is 1. The zero-order valence-corrected chi connectivity index (χ0v) is 12.5. The number of thiophene rings is 1. The normalized spacial score (nSPS) is 18.8. The number of aromatic nitrogens is 2. The van der Waals surface area contributed by atoms with Gasteiger partial charge in [0.1, 0.15) is 16.1 Å². The number of hydrogen-bond acceptors (Lipinski definition) is 4. The second kappa shape index (κ2) is 5.73. The highest BCUT2D eigenvalue weighted by Crippen LogP contribution is 2.36. The highest BCUT2D eigenvalue weighted by atomic mass is 35.5. The van der Waals surface area contributed by atoms with Gasteiger partial charge >= 0.3 is 0 Å². The van der Waals surface area contributed by atoms with Crippen LogP contribution in [0.3, 0.4) is 0 Å². The lowest BCUT2D eigenvalue weighted by molar-refractivity contribution is 0.0292. The van der Waals surface area contributed by atoms with Gasteiger partial charge in [-0.3, -0.25) is 0 Å². The van der Waals surface area contributed by atoms with Crippen LogP contribution in [0.25, 0.3) is 10.2 Å². The van der Waals surface area contributed by atoms with Gasteiger partial charge in [0.15, 0.2) is 5.82 Å². The predicted molar refractivity (Wildman–Crippen MR) is 78.8 cm³/mol. The van der Waals surface area contributed by atoms with Gasteiger partial charge < -0.3 is 4.74 Å². The van der Waals surface area contributed by atoms with Gasteiger partial charge in [-0.1, -0.05) is 30.9 Å². The van der Waals surface area contributed by atoms with Gasteiger partial charge in [-0.15, -0.1) is 11.3 Å². The van der Waals surface area contributed by atoms with Gasteiger partial charge in [-0.2, -0.15) is 0 Å². The summed E-state index contributed by atoms with van der Waals surface area (Å²) >= 11 is 7.84. The molecule has 0 saturated heterocycles. The molecule has 0 bridgehead atoms. The third kappa shape index (κ3) is 2.62. The van der Waals surface area contributed by atoms with Crippen LogP contribution < -0.4 is 0 Å². The molecule has 0 radical (unpaired) electrons. The van der Waals surface area contributed by atoms with Crippen molar-refractivity contribution in [3.05, 3.63) is 22.4 Å². The maximum Gasteiger partial charge on any atom is 0.160 e. The number of fused-ring (bicyclic) bond motifs is 1. The fraction of sp³-hybridized carbons (Fsp3) is 0.571. The van der Waals surface area contributed by atoms with Crippen molar-refractivity contribution in [3.8, 4) is 0 Å². The number of nitrogens with zero attached hydrogens (tertiary/aromatic N) is 2. The van der Waals surface area contributed by atoms with E-state index in [0.29, 0.717) is 11.1 Å². The summed E-state index contributed by atoms with van der Waals surface area (Å²) in [6.45, 7) is 0. The van der Waals surface area contributed by atoms with E-state index >= 15 is 0 Å². The first-order valence-electron chi connectivity index (χ1n) is 6.73. The van der Waals surface area contributed by atoms with Crippen molar-refractivity contribution in [1.82, 2.24) is 9.97 Å². The van der Waals surface area contributed by atoms with Gasteiger partial charge in [0.05, 0.1) is 0 Å². The average molecular weight is 297 g/mol. The summed E-state index contributed by atoms with van der Waals surface area (Å²) in [5.74, 6) is 1.27. The Morgan fingerprint density at radius 1 is 1.32 bits per heavy atom. The molecule has 3 rings (SSSR count). The van der Waals surface area contributed by atoms with E-state index in [1.54, 1.807) is 18.4 Å². The molecule has 0 N–H and O–H groups in total. The topological polar surface area (TPSA) is 35.0 Å². The van der Waals surface area contributed by atoms with Crippen LogP contribution in [-0.2, 0) is 4.74 Å². The van der Waals surface area contributed by atoms with Crippen molar-refractivity contribution in [3.63, 3.8) is 0 Å². The standard InChI is InChI=1S/C14H17ClN2OS/c1-18-11(9-5-3-2-4-6-9)13-16-12(15)10-7-8-19-14(10)17-13/h7-9,11H,2-6H2,1H3. The lowest BCUT2D eigenvalue weighted by Gasteiger charge is -2.28. The molecule has 1 unspecified atom stereocenters. The molecule has 5 heteroatoms. The second-order valence-corrected chi connectivity index (χ2v) is 6.32. The van der Waals surface area contributed by atoms with Gasteiger partial charge in [-0.25, -0.2) is 9.97 Å². The van der Waals surface area contributed by atoms with Crippen molar-refractivity contribution in [1.29, 1.82) is 0 Å². The van der Waals surface area contributed by atoms with E-state index in [1.165, 1.54) is 32.1 Å². The third-order valence-corrected chi connectivity index (χ3v) is 4.98. The van der Waals surface area contributed by atoms with Crippen LogP contribution in [0, 0.1) is 5.92 Å². The molecule has 102 valence electrons. The van der Waals surface area contributed by atoms with Crippen molar-refractivity contribution in [2.24, 2.45) is 5.92 Å². The Hall–Kier alpha value is -0.710. The lowest BCUT2D eigenvalue weighted by Crippen LogP contribution is -2.20. The summed E-state index contributed by atoms with van der Waals surface area (Å²) in [4.78, 5) is 10.0. The quantitative estimate of drug-likeness (QED) is 0.776. The minimum atomic E-state index is -0.0238. The summed E-state index contributed by atoms with van der Waals surface area (Å²) in [5, 5.41) is 3.48. The Bertz CT molecular complexity index is 566. The van der Waals surface area contributed by atoms with Crippen LogP contribution >= 0.6 is 22.9 Å². The van der Waals surface area contributed by atoms with Crippen LogP contribution in [-0.4, -0.2) is 17.1 Å². The Kier molecular flexibility index (Phi) is 4.01. The van der Waals surface area contributed by atoms with Crippen molar-refractivity contribution in [2.75, 3.05) is 7.11 Å². The summed E-state index contributed by atoms with van der Waals surface area (Å²) < 4.78 is 5.68. The van der Waals surface area contributed by atoms with E-state index in [1.807, 2.05) is 11.4 Å². The number of hydrogen-bond donors (Lipinski definition) is 0. The molecule has 2 aromatic heterocycles. The van der Waals surface area contributed by atoms with E-state index in [4.69, 9.17) is 16.3 Å². The first-order chi connectivity index (χ1) is 9.29. The first-order valence-corrected chi connectivity index (χ1v) is 7.99. The Labute approximate surface area is 122 Å². The SMILES string of the molecule is COC(c1nc(Cl)c2ccsc2n1)C1CCCCC1. The molecule has 0 spiro atoms.